The van der Waals surface area contributed by atoms with E-state index in [0.29, 0.717) is 11.7 Å². The zero-order valence-electron chi connectivity index (χ0n) is 14.1. The largest absolute Gasteiger partial charge is 0.467 e. The van der Waals surface area contributed by atoms with Crippen LogP contribution >= 0.6 is 11.8 Å². The summed E-state index contributed by atoms with van der Waals surface area (Å²) in [7, 11) is 1.76. The van der Waals surface area contributed by atoms with Gasteiger partial charge in [-0.25, -0.2) is 4.68 Å². The molecule has 0 radical (unpaired) electrons. The Balaban J connectivity index is 1.81. The lowest BCUT2D eigenvalue weighted by Gasteiger charge is -2.10. The van der Waals surface area contributed by atoms with Gasteiger partial charge in [-0.2, -0.15) is 0 Å². The van der Waals surface area contributed by atoms with Gasteiger partial charge in [-0.1, -0.05) is 11.8 Å². The highest BCUT2D eigenvalue weighted by Gasteiger charge is 2.23. The number of Topliss-reactive ketones (excluding diaryl/α,β-unsaturated/α-hetero) is 1. The molecule has 0 N–H and O–H groups in total. The minimum absolute atomic E-state index is 0.0711. The molecule has 3 aromatic rings. The Morgan fingerprint density at radius 1 is 1.42 bits per heavy atom. The van der Waals surface area contributed by atoms with Gasteiger partial charge in [0, 0.05) is 24.0 Å². The molecule has 1 unspecified atom stereocenters. The van der Waals surface area contributed by atoms with Crippen molar-refractivity contribution in [3.63, 3.8) is 0 Å². The fourth-order valence-corrected chi connectivity index (χ4v) is 3.43. The predicted octanol–water partition coefficient (Wildman–Crippen LogP) is 2.63. The summed E-state index contributed by atoms with van der Waals surface area (Å²) < 4.78 is 9.07. The third-order valence-corrected chi connectivity index (χ3v) is 5.09. The van der Waals surface area contributed by atoms with Crippen LogP contribution in [0.5, 0.6) is 0 Å². The van der Waals surface area contributed by atoms with Crippen molar-refractivity contribution in [2.45, 2.75) is 37.7 Å². The highest BCUT2D eigenvalue weighted by atomic mass is 32.2. The summed E-state index contributed by atoms with van der Waals surface area (Å²) in [5, 5.41) is 11.7. The zero-order chi connectivity index (χ0) is 17.3. The second-order valence-electron chi connectivity index (χ2n) is 5.66. The molecule has 0 spiro atoms. The number of carbonyl (C=O) groups excluding carboxylic acids is 1. The van der Waals surface area contributed by atoms with Crippen molar-refractivity contribution in [1.29, 1.82) is 0 Å². The Labute approximate surface area is 144 Å². The molecule has 0 fully saturated rings. The first-order chi connectivity index (χ1) is 11.5. The molecule has 3 aromatic heterocycles. The maximum Gasteiger partial charge on any atom is 0.209 e. The second-order valence-corrected chi connectivity index (χ2v) is 6.97. The molecule has 0 aliphatic carbocycles. The molecule has 3 rings (SSSR count). The van der Waals surface area contributed by atoms with Crippen molar-refractivity contribution in [2.24, 2.45) is 7.05 Å². The van der Waals surface area contributed by atoms with E-state index in [-0.39, 0.29) is 11.0 Å². The SMILES string of the molecule is Cc1cc(C(=O)C(C)Sc2nnnn2C)c(C)n1Cc1ccco1. The Morgan fingerprint density at radius 3 is 2.83 bits per heavy atom. The first-order valence-corrected chi connectivity index (χ1v) is 8.47. The molecule has 7 nitrogen and oxygen atoms in total. The molecule has 0 aromatic carbocycles. The predicted molar refractivity (Wildman–Crippen MR) is 90.2 cm³/mol. The summed E-state index contributed by atoms with van der Waals surface area (Å²) in [6, 6.07) is 5.73. The van der Waals surface area contributed by atoms with E-state index in [2.05, 4.69) is 20.1 Å². The zero-order valence-corrected chi connectivity index (χ0v) is 14.9. The number of furan rings is 1. The smallest absolute Gasteiger partial charge is 0.209 e. The lowest BCUT2D eigenvalue weighted by molar-refractivity contribution is 0.0993. The van der Waals surface area contributed by atoms with Crippen molar-refractivity contribution in [3.8, 4) is 0 Å². The molecule has 0 aliphatic heterocycles. The molecule has 0 aliphatic rings. The molecular weight excluding hydrogens is 326 g/mol. The van der Waals surface area contributed by atoms with Gasteiger partial charge in [0.15, 0.2) is 5.78 Å². The van der Waals surface area contributed by atoms with E-state index in [4.69, 9.17) is 4.42 Å². The monoisotopic (exact) mass is 345 g/mol. The number of thioether (sulfide) groups is 1. The number of aryl methyl sites for hydroxylation is 2. The molecule has 24 heavy (non-hydrogen) atoms. The Morgan fingerprint density at radius 2 is 2.21 bits per heavy atom. The van der Waals surface area contributed by atoms with Crippen LogP contribution in [-0.2, 0) is 13.6 Å². The van der Waals surface area contributed by atoms with Crippen molar-refractivity contribution >= 4 is 17.5 Å². The average Bonchev–Trinajstić information content (AvgIpc) is 3.26. The summed E-state index contributed by atoms with van der Waals surface area (Å²) in [6.45, 7) is 6.45. The summed E-state index contributed by atoms with van der Waals surface area (Å²) in [4.78, 5) is 12.8. The van der Waals surface area contributed by atoms with Gasteiger partial charge in [0.2, 0.25) is 5.16 Å². The quantitative estimate of drug-likeness (QED) is 0.505. The van der Waals surface area contributed by atoms with Crippen molar-refractivity contribution in [1.82, 2.24) is 24.8 Å². The summed E-state index contributed by atoms with van der Waals surface area (Å²) >= 11 is 1.36. The number of rotatable bonds is 6. The topological polar surface area (TPSA) is 78.7 Å². The minimum atomic E-state index is -0.271. The first kappa shape index (κ1) is 16.5. The van der Waals surface area contributed by atoms with Crippen molar-refractivity contribution in [2.75, 3.05) is 0 Å². The van der Waals surface area contributed by atoms with Crippen LogP contribution in [0.15, 0.2) is 34.0 Å². The van der Waals surface area contributed by atoms with E-state index < -0.39 is 0 Å². The highest BCUT2D eigenvalue weighted by Crippen LogP contribution is 2.26. The van der Waals surface area contributed by atoms with Crippen LogP contribution in [0.4, 0.5) is 0 Å². The summed E-state index contributed by atoms with van der Waals surface area (Å²) in [5.41, 5.74) is 2.70. The van der Waals surface area contributed by atoms with E-state index in [1.54, 1.807) is 18.0 Å². The minimum Gasteiger partial charge on any atom is -0.467 e. The summed E-state index contributed by atoms with van der Waals surface area (Å²) in [5.74, 6) is 0.935. The Kier molecular flexibility index (Phi) is 4.57. The lowest BCUT2D eigenvalue weighted by atomic mass is 10.1. The number of tetrazole rings is 1. The average molecular weight is 345 g/mol. The first-order valence-electron chi connectivity index (χ1n) is 7.59. The van der Waals surface area contributed by atoms with Gasteiger partial charge in [-0.05, 0) is 49.4 Å². The van der Waals surface area contributed by atoms with Gasteiger partial charge in [0.1, 0.15) is 5.76 Å². The van der Waals surface area contributed by atoms with E-state index >= 15 is 0 Å². The molecule has 8 heteroatoms. The van der Waals surface area contributed by atoms with Crippen LogP contribution in [0.3, 0.4) is 0 Å². The number of hydrogen-bond donors (Lipinski definition) is 0. The summed E-state index contributed by atoms with van der Waals surface area (Å²) in [6.07, 6.45) is 1.66. The van der Waals surface area contributed by atoms with E-state index in [9.17, 15) is 4.79 Å². The third kappa shape index (κ3) is 3.14. The normalized spacial score (nSPS) is 12.5. The van der Waals surface area contributed by atoms with E-state index in [1.165, 1.54) is 11.8 Å². The van der Waals surface area contributed by atoms with Crippen LogP contribution in [-0.4, -0.2) is 35.8 Å². The fourth-order valence-electron chi connectivity index (χ4n) is 2.60. The van der Waals surface area contributed by atoms with E-state index in [0.717, 1.165) is 22.7 Å². The molecular formula is C16H19N5O2S. The number of carbonyl (C=O) groups is 1. The molecule has 126 valence electrons. The second kappa shape index (κ2) is 6.64. The van der Waals surface area contributed by atoms with Crippen molar-refractivity contribution < 1.29 is 9.21 Å². The van der Waals surface area contributed by atoms with Crippen LogP contribution in [0.25, 0.3) is 0 Å². The fraction of sp³-hybridized carbons (Fsp3) is 0.375. The van der Waals surface area contributed by atoms with Crippen LogP contribution in [0.2, 0.25) is 0 Å². The number of ketones is 1. The standard InChI is InChI=1S/C16H19N5O2S/c1-10-8-14(11(2)21(10)9-13-6-5-7-23-13)15(22)12(3)24-16-17-18-19-20(16)4/h5-8,12H,9H2,1-4H3. The third-order valence-electron chi connectivity index (χ3n) is 3.97. The molecule has 0 bridgehead atoms. The lowest BCUT2D eigenvalue weighted by Crippen LogP contribution is -2.15. The maximum absolute atomic E-state index is 12.8. The van der Waals surface area contributed by atoms with Crippen molar-refractivity contribution in [3.05, 3.63) is 47.2 Å². The molecule has 0 saturated heterocycles. The molecule has 0 saturated carbocycles. The number of nitrogens with zero attached hydrogens (tertiary/aromatic N) is 5. The maximum atomic E-state index is 12.8. The Hall–Kier alpha value is -2.35. The van der Waals surface area contributed by atoms with Gasteiger partial charge < -0.3 is 8.98 Å². The number of aromatic nitrogens is 5. The van der Waals surface area contributed by atoms with Crippen LogP contribution < -0.4 is 0 Å². The molecule has 0 amide bonds. The van der Waals surface area contributed by atoms with Crippen LogP contribution in [0.1, 0.15) is 34.4 Å². The van der Waals surface area contributed by atoms with Crippen LogP contribution in [0, 0.1) is 13.8 Å². The van der Waals surface area contributed by atoms with Gasteiger partial charge in [-0.15, -0.1) is 5.10 Å². The molecule has 3 heterocycles. The van der Waals surface area contributed by atoms with Gasteiger partial charge in [0.05, 0.1) is 18.1 Å². The van der Waals surface area contributed by atoms with Gasteiger partial charge >= 0.3 is 0 Å². The van der Waals surface area contributed by atoms with Gasteiger partial charge in [-0.3, -0.25) is 4.79 Å². The van der Waals surface area contributed by atoms with E-state index in [1.807, 2.05) is 39.0 Å². The number of hydrogen-bond acceptors (Lipinski definition) is 6. The molecule has 1 atom stereocenters. The Bertz CT molecular complexity index is 850. The van der Waals surface area contributed by atoms with Gasteiger partial charge in [0.25, 0.3) is 0 Å². The highest BCUT2D eigenvalue weighted by molar-refractivity contribution is 8.00.